The van der Waals surface area contributed by atoms with Crippen LogP contribution < -0.4 is 34.3 Å². The summed E-state index contributed by atoms with van der Waals surface area (Å²) in [6, 6.07) is 7.15. The molecule has 0 saturated heterocycles. The molecule has 1 aromatic heterocycles. The molecule has 1 N–H and O–H groups in total. The molecule has 0 bridgehead atoms. The maximum atomic E-state index is 10.4. The van der Waals surface area contributed by atoms with Crippen LogP contribution >= 0.6 is 11.3 Å². The zero-order valence-corrected chi connectivity index (χ0v) is 11.4. The smallest absolute Gasteiger partial charge is 0.731 e. The van der Waals surface area contributed by atoms with Crippen LogP contribution in [-0.4, -0.2) is 18.0 Å². The molecule has 15 heavy (non-hydrogen) atoms. The molecule has 0 aliphatic carbocycles. The standard InChI is InChI=1S/C7H6N2O3S2.Na/c10-14(11,12)9-7-8-5-3-1-2-4-6(5)13-7;/h1-4H,(H,8,9)(H,10,11,12);/q;+1/p-1. The number of benzene rings is 1. The number of para-hydroxylation sites is 1. The first kappa shape index (κ1) is 12.9. The van der Waals surface area contributed by atoms with Crippen molar-refractivity contribution in [2.45, 2.75) is 0 Å². The summed E-state index contributed by atoms with van der Waals surface area (Å²) in [5.74, 6) is 0. The van der Waals surface area contributed by atoms with E-state index in [1.165, 1.54) is 0 Å². The second kappa shape index (κ2) is 4.77. The van der Waals surface area contributed by atoms with Crippen molar-refractivity contribution in [2.75, 3.05) is 4.72 Å². The minimum atomic E-state index is -4.48. The normalized spacial score (nSPS) is 11.0. The number of rotatable bonds is 2. The summed E-state index contributed by atoms with van der Waals surface area (Å²) >= 11 is 1.12. The molecule has 8 heteroatoms. The molecule has 0 saturated carbocycles. The van der Waals surface area contributed by atoms with Crippen molar-refractivity contribution in [3.05, 3.63) is 24.3 Å². The predicted octanol–water partition coefficient (Wildman–Crippen LogP) is -1.83. The maximum absolute atomic E-state index is 10.4. The van der Waals surface area contributed by atoms with Crippen molar-refractivity contribution in [3.8, 4) is 0 Å². The van der Waals surface area contributed by atoms with E-state index in [9.17, 15) is 13.0 Å². The number of thiazole rings is 1. The largest absolute Gasteiger partial charge is 1.00 e. The molecule has 0 radical (unpaired) electrons. The third-order valence-electron chi connectivity index (χ3n) is 1.51. The van der Waals surface area contributed by atoms with Crippen LogP contribution in [0.15, 0.2) is 24.3 Å². The Morgan fingerprint density at radius 3 is 2.60 bits per heavy atom. The molecule has 2 rings (SSSR count). The third-order valence-corrected chi connectivity index (χ3v) is 3.03. The van der Waals surface area contributed by atoms with Crippen molar-refractivity contribution in [2.24, 2.45) is 0 Å². The number of anilines is 1. The zero-order chi connectivity index (χ0) is 10.2. The van der Waals surface area contributed by atoms with E-state index in [0.717, 1.165) is 16.0 Å². The number of hydrogen-bond donors (Lipinski definition) is 1. The SMILES string of the molecule is O=S(=O)([O-])Nc1nc2ccccc2s1.[Na+]. The van der Waals surface area contributed by atoms with Crippen LogP contribution in [0, 0.1) is 0 Å². The van der Waals surface area contributed by atoms with E-state index in [4.69, 9.17) is 0 Å². The van der Waals surface area contributed by atoms with Gasteiger partial charge in [0, 0.05) is 0 Å². The Labute approximate surface area is 113 Å². The van der Waals surface area contributed by atoms with Gasteiger partial charge >= 0.3 is 29.6 Å². The number of nitrogens with zero attached hydrogens (tertiary/aromatic N) is 1. The van der Waals surface area contributed by atoms with E-state index < -0.39 is 10.3 Å². The van der Waals surface area contributed by atoms with Crippen molar-refractivity contribution in [1.29, 1.82) is 0 Å². The Morgan fingerprint density at radius 2 is 2.00 bits per heavy atom. The summed E-state index contributed by atoms with van der Waals surface area (Å²) in [6.45, 7) is 0. The Hall–Kier alpha value is -0.180. The number of hydrogen-bond acceptors (Lipinski definition) is 5. The second-order valence-corrected chi connectivity index (χ2v) is 4.69. The van der Waals surface area contributed by atoms with E-state index in [-0.39, 0.29) is 34.7 Å². The van der Waals surface area contributed by atoms with Crippen LogP contribution in [0.4, 0.5) is 5.13 Å². The molecule has 1 aromatic carbocycles. The average Bonchev–Trinajstić information content (AvgIpc) is 2.42. The third kappa shape index (κ3) is 3.40. The van der Waals surface area contributed by atoms with E-state index in [0.29, 0.717) is 5.52 Å². The van der Waals surface area contributed by atoms with Gasteiger partial charge in [0.15, 0.2) is 15.4 Å². The molecular formula is C7H5N2NaO3S2. The van der Waals surface area contributed by atoms with Gasteiger partial charge in [0.2, 0.25) is 0 Å². The average molecular weight is 252 g/mol. The van der Waals surface area contributed by atoms with Gasteiger partial charge in [-0.1, -0.05) is 23.5 Å². The second-order valence-electron chi connectivity index (χ2n) is 2.54. The first-order valence-electron chi connectivity index (χ1n) is 3.64. The summed E-state index contributed by atoms with van der Waals surface area (Å²) < 4.78 is 33.8. The minimum Gasteiger partial charge on any atom is -0.731 e. The molecule has 0 unspecified atom stereocenters. The monoisotopic (exact) mass is 252 g/mol. The van der Waals surface area contributed by atoms with Gasteiger partial charge in [-0.15, -0.1) is 0 Å². The van der Waals surface area contributed by atoms with E-state index in [1.807, 2.05) is 6.07 Å². The molecule has 1 heterocycles. The number of nitrogens with one attached hydrogen (secondary N) is 1. The van der Waals surface area contributed by atoms with Gasteiger partial charge in [-0.25, -0.2) is 13.4 Å². The molecule has 5 nitrogen and oxygen atoms in total. The maximum Gasteiger partial charge on any atom is 1.00 e. The minimum absolute atomic E-state index is 0. The van der Waals surface area contributed by atoms with Crippen LogP contribution in [0.5, 0.6) is 0 Å². The molecule has 0 spiro atoms. The van der Waals surface area contributed by atoms with Gasteiger partial charge in [-0.2, -0.15) is 0 Å². The van der Waals surface area contributed by atoms with Crippen LogP contribution in [0.1, 0.15) is 0 Å². The molecule has 74 valence electrons. The molecule has 2 aromatic rings. The van der Waals surface area contributed by atoms with Crippen molar-refractivity contribution >= 4 is 37.0 Å². The van der Waals surface area contributed by atoms with Gasteiger partial charge in [0.25, 0.3) is 0 Å². The first-order chi connectivity index (χ1) is 6.54. The van der Waals surface area contributed by atoms with Crippen LogP contribution in [0.2, 0.25) is 0 Å². The molecule has 0 amide bonds. The summed E-state index contributed by atoms with van der Waals surface area (Å²) in [4.78, 5) is 3.93. The Kier molecular flexibility index (Phi) is 4.10. The van der Waals surface area contributed by atoms with Crippen LogP contribution in [0.25, 0.3) is 10.2 Å². The molecule has 0 aliphatic rings. The zero-order valence-electron chi connectivity index (χ0n) is 7.80. The summed E-state index contributed by atoms with van der Waals surface area (Å²) in [5, 5.41) is 0.0983. The predicted molar refractivity (Wildman–Crippen MR) is 52.9 cm³/mol. The Bertz CT molecular complexity index is 533. The molecular weight excluding hydrogens is 247 g/mol. The van der Waals surface area contributed by atoms with E-state index in [1.54, 1.807) is 22.9 Å². The fraction of sp³-hybridized carbons (Fsp3) is 0. The van der Waals surface area contributed by atoms with Crippen LogP contribution in [0.3, 0.4) is 0 Å². The van der Waals surface area contributed by atoms with Crippen molar-refractivity contribution in [3.63, 3.8) is 0 Å². The van der Waals surface area contributed by atoms with Gasteiger partial charge in [0.1, 0.15) is 0 Å². The van der Waals surface area contributed by atoms with Gasteiger partial charge in [-0.3, -0.25) is 4.72 Å². The van der Waals surface area contributed by atoms with E-state index in [2.05, 4.69) is 4.98 Å². The number of aromatic nitrogens is 1. The summed E-state index contributed by atoms with van der Waals surface area (Å²) in [5.41, 5.74) is 0.670. The van der Waals surface area contributed by atoms with Gasteiger partial charge in [-0.05, 0) is 12.1 Å². The molecule has 0 atom stereocenters. The summed E-state index contributed by atoms with van der Waals surface area (Å²) in [7, 11) is -4.48. The quantitative estimate of drug-likeness (QED) is 0.503. The van der Waals surface area contributed by atoms with Gasteiger partial charge < -0.3 is 4.55 Å². The fourth-order valence-electron chi connectivity index (χ4n) is 1.02. The summed E-state index contributed by atoms with van der Waals surface area (Å²) in [6.07, 6.45) is 0. The Morgan fingerprint density at radius 1 is 1.33 bits per heavy atom. The Balaban J connectivity index is 0.00000112. The number of fused-ring (bicyclic) bond motifs is 1. The molecule has 0 fully saturated rings. The van der Waals surface area contributed by atoms with E-state index >= 15 is 0 Å². The van der Waals surface area contributed by atoms with Gasteiger partial charge in [0.05, 0.1) is 10.2 Å². The van der Waals surface area contributed by atoms with Crippen molar-refractivity contribution in [1.82, 2.24) is 4.98 Å². The first-order valence-corrected chi connectivity index (χ1v) is 5.86. The molecule has 0 aliphatic heterocycles. The fourth-order valence-corrected chi connectivity index (χ4v) is 2.47. The van der Waals surface area contributed by atoms with Crippen LogP contribution in [-0.2, 0) is 10.3 Å². The topological polar surface area (TPSA) is 82.1 Å². The van der Waals surface area contributed by atoms with Crippen molar-refractivity contribution < 1.29 is 42.5 Å².